The van der Waals surface area contributed by atoms with E-state index in [0.717, 1.165) is 18.4 Å². The molecular weight excluding hydrogens is 412 g/mol. The van der Waals surface area contributed by atoms with Crippen molar-refractivity contribution in [2.75, 3.05) is 32.8 Å². The van der Waals surface area contributed by atoms with E-state index < -0.39 is 10.0 Å². The molecule has 1 amide bonds. The highest BCUT2D eigenvalue weighted by Gasteiger charge is 2.30. The third-order valence-electron chi connectivity index (χ3n) is 5.55. The molecule has 0 aromatic heterocycles. The number of nitrogens with zero attached hydrogens (tertiary/aromatic N) is 1. The standard InChI is InChI=1S/C24H32N2O4S/c27-24(25-15-7-18-30-19-14-21-8-3-1-4-9-21)23-12-16-26(17-13-23)31(28,29)20-22-10-5-2-6-11-22/h1-6,8-11,23H,7,12-20H2,(H,25,27). The van der Waals surface area contributed by atoms with Gasteiger partial charge in [0.15, 0.2) is 0 Å². The summed E-state index contributed by atoms with van der Waals surface area (Å²) in [5.74, 6) is -0.0961. The Morgan fingerprint density at radius 3 is 2.19 bits per heavy atom. The number of piperidine rings is 1. The monoisotopic (exact) mass is 444 g/mol. The highest BCUT2D eigenvalue weighted by molar-refractivity contribution is 7.88. The van der Waals surface area contributed by atoms with Gasteiger partial charge in [-0.15, -0.1) is 0 Å². The quantitative estimate of drug-likeness (QED) is 0.541. The molecule has 1 saturated heterocycles. The van der Waals surface area contributed by atoms with Crippen molar-refractivity contribution in [3.63, 3.8) is 0 Å². The minimum absolute atomic E-state index is 0.00890. The fourth-order valence-corrected chi connectivity index (χ4v) is 5.30. The van der Waals surface area contributed by atoms with Crippen molar-refractivity contribution in [3.8, 4) is 0 Å². The van der Waals surface area contributed by atoms with E-state index in [0.29, 0.717) is 45.7 Å². The maximum absolute atomic E-state index is 12.6. The first-order chi connectivity index (χ1) is 15.0. The average Bonchev–Trinajstić information content (AvgIpc) is 2.79. The van der Waals surface area contributed by atoms with Crippen molar-refractivity contribution in [1.29, 1.82) is 0 Å². The van der Waals surface area contributed by atoms with Gasteiger partial charge >= 0.3 is 0 Å². The average molecular weight is 445 g/mol. The lowest BCUT2D eigenvalue weighted by Gasteiger charge is -2.30. The molecule has 1 aliphatic rings. The Bertz CT molecular complexity index is 896. The number of carbonyl (C=O) groups is 1. The Morgan fingerprint density at radius 1 is 0.935 bits per heavy atom. The minimum atomic E-state index is -3.35. The van der Waals surface area contributed by atoms with E-state index in [1.165, 1.54) is 9.87 Å². The lowest BCUT2D eigenvalue weighted by molar-refractivity contribution is -0.126. The molecule has 0 atom stereocenters. The highest BCUT2D eigenvalue weighted by atomic mass is 32.2. The summed E-state index contributed by atoms with van der Waals surface area (Å²) in [5, 5.41) is 2.97. The van der Waals surface area contributed by atoms with Gasteiger partial charge in [0.2, 0.25) is 15.9 Å². The number of hydrogen-bond donors (Lipinski definition) is 1. The molecule has 1 aliphatic heterocycles. The maximum Gasteiger partial charge on any atom is 0.223 e. The SMILES string of the molecule is O=C(NCCCOCCc1ccccc1)C1CCN(S(=O)(=O)Cc2ccccc2)CC1. The zero-order valence-electron chi connectivity index (χ0n) is 17.9. The van der Waals surface area contributed by atoms with Gasteiger partial charge in [-0.05, 0) is 36.8 Å². The van der Waals surface area contributed by atoms with Crippen molar-refractivity contribution in [2.24, 2.45) is 5.92 Å². The number of nitrogens with one attached hydrogen (secondary N) is 1. The molecule has 0 unspecified atom stereocenters. The Labute approximate surface area is 185 Å². The first-order valence-electron chi connectivity index (χ1n) is 11.0. The molecule has 2 aromatic rings. The number of carbonyl (C=O) groups excluding carboxylic acids is 1. The van der Waals surface area contributed by atoms with Crippen LogP contribution in [0.2, 0.25) is 0 Å². The van der Waals surface area contributed by atoms with Crippen LogP contribution in [0.5, 0.6) is 0 Å². The highest BCUT2D eigenvalue weighted by Crippen LogP contribution is 2.21. The number of rotatable bonds is 11. The Kier molecular flexibility index (Phi) is 9.06. The second-order valence-corrected chi connectivity index (χ2v) is 9.88. The third-order valence-corrected chi connectivity index (χ3v) is 7.40. The lowest BCUT2D eigenvalue weighted by Crippen LogP contribution is -2.43. The molecule has 0 spiro atoms. The first-order valence-corrected chi connectivity index (χ1v) is 12.6. The van der Waals surface area contributed by atoms with E-state index in [2.05, 4.69) is 17.4 Å². The van der Waals surface area contributed by atoms with Gasteiger partial charge in [-0.25, -0.2) is 12.7 Å². The van der Waals surface area contributed by atoms with Crippen LogP contribution in [0.25, 0.3) is 0 Å². The van der Waals surface area contributed by atoms with E-state index in [9.17, 15) is 13.2 Å². The molecule has 2 aromatic carbocycles. The van der Waals surface area contributed by atoms with Gasteiger partial charge in [0.05, 0.1) is 12.4 Å². The summed E-state index contributed by atoms with van der Waals surface area (Å²) in [7, 11) is -3.35. The predicted octanol–water partition coefficient (Wildman–Crippen LogP) is 2.99. The Hall–Kier alpha value is -2.22. The van der Waals surface area contributed by atoms with Crippen molar-refractivity contribution in [2.45, 2.75) is 31.4 Å². The second kappa shape index (κ2) is 12.0. The summed E-state index contributed by atoms with van der Waals surface area (Å²) in [6.07, 6.45) is 2.78. The summed E-state index contributed by atoms with van der Waals surface area (Å²) in [6, 6.07) is 19.4. The van der Waals surface area contributed by atoms with Gasteiger partial charge < -0.3 is 10.1 Å². The minimum Gasteiger partial charge on any atom is -0.381 e. The van der Waals surface area contributed by atoms with E-state index >= 15 is 0 Å². The summed E-state index contributed by atoms with van der Waals surface area (Å²) in [6.45, 7) is 2.67. The van der Waals surface area contributed by atoms with E-state index in [4.69, 9.17) is 4.74 Å². The third kappa shape index (κ3) is 7.76. The Balaban J connectivity index is 1.28. The summed E-state index contributed by atoms with van der Waals surface area (Å²) >= 11 is 0. The van der Waals surface area contributed by atoms with E-state index in [1.54, 1.807) is 0 Å². The van der Waals surface area contributed by atoms with Crippen LogP contribution < -0.4 is 5.32 Å². The van der Waals surface area contributed by atoms with Gasteiger partial charge in [0, 0.05) is 32.2 Å². The fraction of sp³-hybridized carbons (Fsp3) is 0.458. The van der Waals surface area contributed by atoms with Crippen LogP contribution in [-0.4, -0.2) is 51.5 Å². The molecule has 0 aliphatic carbocycles. The fourth-order valence-electron chi connectivity index (χ4n) is 3.74. The van der Waals surface area contributed by atoms with Crippen LogP contribution in [0.3, 0.4) is 0 Å². The van der Waals surface area contributed by atoms with Crippen LogP contribution in [0.15, 0.2) is 60.7 Å². The van der Waals surface area contributed by atoms with Gasteiger partial charge in [-0.3, -0.25) is 4.79 Å². The van der Waals surface area contributed by atoms with Gasteiger partial charge in [-0.2, -0.15) is 0 Å². The molecule has 6 nitrogen and oxygen atoms in total. The summed E-state index contributed by atoms with van der Waals surface area (Å²) in [5.41, 5.74) is 2.04. The van der Waals surface area contributed by atoms with Crippen LogP contribution in [0.4, 0.5) is 0 Å². The molecule has 0 bridgehead atoms. The second-order valence-electron chi connectivity index (χ2n) is 7.91. The van der Waals surface area contributed by atoms with Gasteiger partial charge in [0.25, 0.3) is 0 Å². The zero-order valence-corrected chi connectivity index (χ0v) is 18.7. The van der Waals surface area contributed by atoms with E-state index in [1.807, 2.05) is 48.5 Å². The van der Waals surface area contributed by atoms with Gasteiger partial charge in [-0.1, -0.05) is 60.7 Å². The number of amides is 1. The first kappa shape index (κ1) is 23.4. The topological polar surface area (TPSA) is 75.7 Å². The van der Waals surface area contributed by atoms with Crippen molar-refractivity contribution in [1.82, 2.24) is 9.62 Å². The molecule has 0 saturated carbocycles. The summed E-state index contributed by atoms with van der Waals surface area (Å²) in [4.78, 5) is 12.4. The normalized spacial score (nSPS) is 15.6. The smallest absolute Gasteiger partial charge is 0.223 e. The molecule has 168 valence electrons. The molecule has 31 heavy (non-hydrogen) atoms. The number of hydrogen-bond acceptors (Lipinski definition) is 4. The van der Waals surface area contributed by atoms with Crippen LogP contribution in [0.1, 0.15) is 30.4 Å². The van der Waals surface area contributed by atoms with Crippen LogP contribution in [-0.2, 0) is 31.7 Å². The number of ether oxygens (including phenoxy) is 1. The zero-order chi connectivity index (χ0) is 21.9. The Morgan fingerprint density at radius 2 is 1.55 bits per heavy atom. The van der Waals surface area contributed by atoms with Crippen molar-refractivity contribution >= 4 is 15.9 Å². The number of sulfonamides is 1. The lowest BCUT2D eigenvalue weighted by atomic mass is 9.97. The van der Waals surface area contributed by atoms with Crippen LogP contribution in [0, 0.1) is 5.92 Å². The summed E-state index contributed by atoms with van der Waals surface area (Å²) < 4.78 is 32.4. The van der Waals surface area contributed by atoms with Crippen molar-refractivity contribution in [3.05, 3.63) is 71.8 Å². The molecule has 1 N–H and O–H groups in total. The largest absolute Gasteiger partial charge is 0.381 e. The predicted molar refractivity (Wildman–Crippen MR) is 122 cm³/mol. The molecule has 1 heterocycles. The molecular formula is C24H32N2O4S. The molecule has 0 radical (unpaired) electrons. The molecule has 7 heteroatoms. The molecule has 3 rings (SSSR count). The van der Waals surface area contributed by atoms with Crippen molar-refractivity contribution < 1.29 is 17.9 Å². The maximum atomic E-state index is 12.6. The van der Waals surface area contributed by atoms with Gasteiger partial charge in [0.1, 0.15) is 0 Å². The van der Waals surface area contributed by atoms with Crippen LogP contribution >= 0.6 is 0 Å². The number of benzene rings is 2. The van der Waals surface area contributed by atoms with E-state index in [-0.39, 0.29) is 17.6 Å². The molecule has 1 fully saturated rings.